The smallest absolute Gasteiger partial charge is 0.259 e. The maximum atomic E-state index is 13.6. The number of hydrogen-bond donors (Lipinski definition) is 1. The molecule has 0 atom stereocenters. The van der Waals surface area contributed by atoms with Crippen LogP contribution in [0.1, 0.15) is 30.1 Å². The molecule has 0 spiro atoms. The summed E-state index contributed by atoms with van der Waals surface area (Å²) in [5.41, 5.74) is 4.93. The van der Waals surface area contributed by atoms with Gasteiger partial charge in [-0.25, -0.2) is 13.2 Å². The number of benzene rings is 1. The van der Waals surface area contributed by atoms with Crippen LogP contribution in [0.3, 0.4) is 0 Å². The van der Waals surface area contributed by atoms with Gasteiger partial charge in [0.05, 0.1) is 0 Å². The van der Waals surface area contributed by atoms with Crippen molar-refractivity contribution in [2.75, 3.05) is 19.6 Å². The van der Waals surface area contributed by atoms with Crippen molar-refractivity contribution in [1.82, 2.24) is 4.90 Å². The molecule has 1 aliphatic heterocycles. The zero-order chi connectivity index (χ0) is 14.9. The molecule has 20 heavy (non-hydrogen) atoms. The molecule has 2 rings (SSSR count). The number of carbonyl (C=O) groups is 1. The van der Waals surface area contributed by atoms with Crippen molar-refractivity contribution in [3.8, 4) is 0 Å². The number of nitrogens with zero attached hydrogens (tertiary/aromatic N) is 1. The number of piperidine rings is 1. The molecule has 0 radical (unpaired) electrons. The lowest BCUT2D eigenvalue weighted by molar-refractivity contribution is 0.0608. The molecule has 0 aliphatic carbocycles. The largest absolute Gasteiger partial charge is 0.338 e. The van der Waals surface area contributed by atoms with Gasteiger partial charge in [-0.2, -0.15) is 0 Å². The van der Waals surface area contributed by atoms with Crippen molar-refractivity contribution in [1.29, 1.82) is 0 Å². The van der Waals surface area contributed by atoms with E-state index in [-0.39, 0.29) is 5.41 Å². The summed E-state index contributed by atoms with van der Waals surface area (Å²) in [5, 5.41) is 0. The summed E-state index contributed by atoms with van der Waals surface area (Å²) in [4.78, 5) is 13.5. The first-order chi connectivity index (χ1) is 9.36. The normalized spacial score (nSPS) is 18.1. The minimum atomic E-state index is -1.17. The highest BCUT2D eigenvalue weighted by Crippen LogP contribution is 2.30. The third kappa shape index (κ3) is 2.80. The van der Waals surface area contributed by atoms with Crippen molar-refractivity contribution < 1.29 is 18.0 Å². The Hall–Kier alpha value is -1.56. The van der Waals surface area contributed by atoms with E-state index in [4.69, 9.17) is 5.73 Å². The number of nitrogens with two attached hydrogens (primary N) is 1. The third-order valence-electron chi connectivity index (χ3n) is 3.97. The summed E-state index contributed by atoms with van der Waals surface area (Å²) in [6.45, 7) is 3.31. The molecule has 1 aromatic rings. The summed E-state index contributed by atoms with van der Waals surface area (Å²) >= 11 is 0. The van der Waals surface area contributed by atoms with E-state index in [1.54, 1.807) is 0 Å². The second kappa shape index (κ2) is 5.44. The SMILES string of the molecule is CC1(CN)CCN(C(=O)c2c(F)cc(F)cc2F)CC1. The molecule has 0 bridgehead atoms. The van der Waals surface area contributed by atoms with Crippen LogP contribution in [0.15, 0.2) is 12.1 Å². The number of hydrogen-bond acceptors (Lipinski definition) is 2. The van der Waals surface area contributed by atoms with Gasteiger partial charge in [0.1, 0.15) is 23.0 Å². The van der Waals surface area contributed by atoms with Gasteiger partial charge in [-0.15, -0.1) is 0 Å². The summed E-state index contributed by atoms with van der Waals surface area (Å²) in [5.74, 6) is -4.11. The summed E-state index contributed by atoms with van der Waals surface area (Å²) < 4.78 is 40.0. The second-order valence-electron chi connectivity index (χ2n) is 5.55. The molecule has 1 saturated heterocycles. The van der Waals surface area contributed by atoms with Crippen LogP contribution < -0.4 is 5.73 Å². The van der Waals surface area contributed by atoms with E-state index >= 15 is 0 Å². The topological polar surface area (TPSA) is 46.3 Å². The van der Waals surface area contributed by atoms with E-state index < -0.39 is 28.9 Å². The number of carbonyl (C=O) groups excluding carboxylic acids is 1. The quantitative estimate of drug-likeness (QED) is 0.907. The predicted octanol–water partition coefficient (Wildman–Crippen LogP) is 2.30. The van der Waals surface area contributed by atoms with Gasteiger partial charge in [-0.1, -0.05) is 6.92 Å². The van der Waals surface area contributed by atoms with Crippen LogP contribution in [-0.4, -0.2) is 30.4 Å². The van der Waals surface area contributed by atoms with Gasteiger partial charge < -0.3 is 10.6 Å². The predicted molar refractivity (Wildman–Crippen MR) is 68.6 cm³/mol. The van der Waals surface area contributed by atoms with Crippen molar-refractivity contribution in [2.24, 2.45) is 11.1 Å². The summed E-state index contributed by atoms with van der Waals surface area (Å²) in [6, 6.07) is 1.04. The monoisotopic (exact) mass is 286 g/mol. The first-order valence-electron chi connectivity index (χ1n) is 6.50. The van der Waals surface area contributed by atoms with Crippen molar-refractivity contribution in [3.63, 3.8) is 0 Å². The zero-order valence-electron chi connectivity index (χ0n) is 11.3. The van der Waals surface area contributed by atoms with E-state index in [1.807, 2.05) is 6.92 Å². The molecule has 110 valence electrons. The molecule has 0 unspecified atom stereocenters. The lowest BCUT2D eigenvalue weighted by Gasteiger charge is -2.38. The first kappa shape index (κ1) is 14.8. The van der Waals surface area contributed by atoms with Gasteiger partial charge >= 0.3 is 0 Å². The van der Waals surface area contributed by atoms with E-state index in [0.29, 0.717) is 44.6 Å². The highest BCUT2D eigenvalue weighted by Gasteiger charge is 2.32. The van der Waals surface area contributed by atoms with Crippen LogP contribution in [0, 0.1) is 22.9 Å². The molecule has 0 aromatic heterocycles. The van der Waals surface area contributed by atoms with Crippen LogP contribution in [0.4, 0.5) is 13.2 Å². The van der Waals surface area contributed by atoms with Gasteiger partial charge in [0.15, 0.2) is 0 Å². The fraction of sp³-hybridized carbons (Fsp3) is 0.500. The van der Waals surface area contributed by atoms with Crippen LogP contribution >= 0.6 is 0 Å². The van der Waals surface area contributed by atoms with Gasteiger partial charge in [-0.05, 0) is 24.8 Å². The maximum Gasteiger partial charge on any atom is 0.259 e. The fourth-order valence-corrected chi connectivity index (χ4v) is 2.36. The highest BCUT2D eigenvalue weighted by atomic mass is 19.1. The summed E-state index contributed by atoms with van der Waals surface area (Å²) in [6.07, 6.45) is 1.36. The number of likely N-dealkylation sites (tertiary alicyclic amines) is 1. The minimum Gasteiger partial charge on any atom is -0.338 e. The van der Waals surface area contributed by atoms with Crippen molar-refractivity contribution >= 4 is 5.91 Å². The average molecular weight is 286 g/mol. The molecular formula is C14H17F3N2O. The Labute approximate surface area is 115 Å². The van der Waals surface area contributed by atoms with E-state index in [2.05, 4.69) is 0 Å². The summed E-state index contributed by atoms with van der Waals surface area (Å²) in [7, 11) is 0. The Balaban J connectivity index is 2.18. The molecule has 1 fully saturated rings. The minimum absolute atomic E-state index is 0.0450. The zero-order valence-corrected chi connectivity index (χ0v) is 11.3. The standard InChI is InChI=1S/C14H17F3N2O/c1-14(8-18)2-4-19(5-3-14)13(20)12-10(16)6-9(15)7-11(12)17/h6-7H,2-5,8,18H2,1H3. The first-order valence-corrected chi connectivity index (χ1v) is 6.50. The van der Waals surface area contributed by atoms with Gasteiger partial charge in [0.25, 0.3) is 5.91 Å². The molecule has 0 saturated carbocycles. The number of rotatable bonds is 2. The lowest BCUT2D eigenvalue weighted by atomic mass is 9.80. The van der Waals surface area contributed by atoms with Gasteiger partial charge in [-0.3, -0.25) is 4.79 Å². The molecule has 2 N–H and O–H groups in total. The highest BCUT2D eigenvalue weighted by molar-refractivity contribution is 5.94. The van der Waals surface area contributed by atoms with Crippen molar-refractivity contribution in [3.05, 3.63) is 35.1 Å². The van der Waals surface area contributed by atoms with Crippen LogP contribution in [0.25, 0.3) is 0 Å². The molecule has 1 aliphatic rings. The van der Waals surface area contributed by atoms with E-state index in [9.17, 15) is 18.0 Å². The van der Waals surface area contributed by atoms with E-state index in [0.717, 1.165) is 0 Å². The van der Waals surface area contributed by atoms with Crippen LogP contribution in [0.5, 0.6) is 0 Å². The van der Waals surface area contributed by atoms with Crippen LogP contribution in [-0.2, 0) is 0 Å². The fourth-order valence-electron chi connectivity index (χ4n) is 2.36. The van der Waals surface area contributed by atoms with Crippen molar-refractivity contribution in [2.45, 2.75) is 19.8 Å². The molecular weight excluding hydrogens is 269 g/mol. The Kier molecular flexibility index (Phi) is 4.04. The van der Waals surface area contributed by atoms with Gasteiger partial charge in [0, 0.05) is 25.2 Å². The molecule has 3 nitrogen and oxygen atoms in total. The Morgan fingerprint density at radius 3 is 2.20 bits per heavy atom. The van der Waals surface area contributed by atoms with E-state index in [1.165, 1.54) is 4.90 Å². The Morgan fingerprint density at radius 2 is 1.75 bits per heavy atom. The average Bonchev–Trinajstić information content (AvgIpc) is 2.38. The Bertz CT molecular complexity index is 502. The van der Waals surface area contributed by atoms with Gasteiger partial charge in [0.2, 0.25) is 0 Å². The molecule has 1 amide bonds. The Morgan fingerprint density at radius 1 is 1.25 bits per heavy atom. The maximum absolute atomic E-state index is 13.6. The van der Waals surface area contributed by atoms with Crippen LogP contribution in [0.2, 0.25) is 0 Å². The number of amides is 1. The number of halogens is 3. The molecule has 1 heterocycles. The lowest BCUT2D eigenvalue weighted by Crippen LogP contribution is -2.45. The second-order valence-corrected chi connectivity index (χ2v) is 5.55. The molecule has 6 heteroatoms. The third-order valence-corrected chi connectivity index (χ3v) is 3.97. The molecule has 1 aromatic carbocycles.